The number of nitrogens with zero attached hydrogens (tertiary/aromatic N) is 3. The standard InChI is InChI=1S/C26H32N4O2/c1-19(31)24-6-4-5-7-25(24)20-12-15-29(16-13-20)26(32)27-21-8-10-22(11-9-21)30-17-14-23(18-30)28(2)3/h4-12,23H,13-18H2,1-3H3,(H,27,32). The molecule has 0 saturated carbocycles. The molecule has 6 nitrogen and oxygen atoms in total. The van der Waals surface area contributed by atoms with Crippen LogP contribution >= 0.6 is 0 Å². The first kappa shape index (κ1) is 22.1. The second-order valence-corrected chi connectivity index (χ2v) is 8.86. The smallest absolute Gasteiger partial charge is 0.322 e. The molecule has 4 rings (SSSR count). The molecule has 2 aliphatic rings. The average molecular weight is 433 g/mol. The Labute approximate surface area is 190 Å². The fourth-order valence-electron chi connectivity index (χ4n) is 4.52. The Morgan fingerprint density at radius 1 is 1.03 bits per heavy atom. The molecule has 2 aromatic carbocycles. The summed E-state index contributed by atoms with van der Waals surface area (Å²) in [6.07, 6.45) is 3.97. The maximum absolute atomic E-state index is 12.8. The Balaban J connectivity index is 1.35. The van der Waals surface area contributed by atoms with Crippen LogP contribution in [0.25, 0.3) is 5.57 Å². The molecule has 1 atom stereocenters. The fraction of sp³-hybridized carbons (Fsp3) is 0.385. The van der Waals surface area contributed by atoms with Crippen molar-refractivity contribution in [3.63, 3.8) is 0 Å². The first-order valence-corrected chi connectivity index (χ1v) is 11.3. The van der Waals surface area contributed by atoms with Crippen LogP contribution in [0.1, 0.15) is 35.7 Å². The minimum absolute atomic E-state index is 0.0660. The maximum Gasteiger partial charge on any atom is 0.322 e. The van der Waals surface area contributed by atoms with E-state index in [1.54, 1.807) is 11.8 Å². The third kappa shape index (κ3) is 4.86. The molecule has 2 aliphatic heterocycles. The third-order valence-electron chi connectivity index (χ3n) is 6.53. The van der Waals surface area contributed by atoms with Gasteiger partial charge < -0.3 is 20.0 Å². The lowest BCUT2D eigenvalue weighted by atomic mass is 9.93. The number of anilines is 2. The monoisotopic (exact) mass is 432 g/mol. The molecule has 0 radical (unpaired) electrons. The second-order valence-electron chi connectivity index (χ2n) is 8.86. The van der Waals surface area contributed by atoms with E-state index >= 15 is 0 Å². The van der Waals surface area contributed by atoms with Crippen LogP contribution in [0.3, 0.4) is 0 Å². The lowest BCUT2D eigenvalue weighted by molar-refractivity contribution is 0.101. The fourth-order valence-corrected chi connectivity index (χ4v) is 4.52. The van der Waals surface area contributed by atoms with Gasteiger partial charge in [-0.25, -0.2) is 4.79 Å². The Bertz CT molecular complexity index is 1010. The van der Waals surface area contributed by atoms with Gasteiger partial charge in [-0.05, 0) is 69.3 Å². The number of rotatable bonds is 5. The molecule has 2 heterocycles. The number of amides is 2. The summed E-state index contributed by atoms with van der Waals surface area (Å²) in [4.78, 5) is 31.2. The maximum atomic E-state index is 12.8. The van der Waals surface area contributed by atoms with Crippen molar-refractivity contribution in [1.29, 1.82) is 0 Å². The topological polar surface area (TPSA) is 55.9 Å². The highest BCUT2D eigenvalue weighted by Crippen LogP contribution is 2.27. The van der Waals surface area contributed by atoms with Crippen molar-refractivity contribution in [2.75, 3.05) is 50.5 Å². The molecule has 0 bridgehead atoms. The Morgan fingerprint density at radius 2 is 1.78 bits per heavy atom. The molecule has 1 saturated heterocycles. The molecule has 1 unspecified atom stereocenters. The predicted molar refractivity (Wildman–Crippen MR) is 130 cm³/mol. The number of ketones is 1. The number of Topliss-reactive ketones (excluding diaryl/α,β-unsaturated/α-hetero) is 1. The van der Waals surface area contributed by atoms with E-state index < -0.39 is 0 Å². The van der Waals surface area contributed by atoms with Gasteiger partial charge in [0.15, 0.2) is 5.78 Å². The summed E-state index contributed by atoms with van der Waals surface area (Å²) in [6, 6.07) is 16.3. The van der Waals surface area contributed by atoms with Crippen LogP contribution in [0.2, 0.25) is 0 Å². The van der Waals surface area contributed by atoms with Gasteiger partial charge >= 0.3 is 6.03 Å². The van der Waals surface area contributed by atoms with E-state index in [0.717, 1.165) is 41.9 Å². The lowest BCUT2D eigenvalue weighted by Crippen LogP contribution is -2.38. The van der Waals surface area contributed by atoms with Crippen LogP contribution in [0.4, 0.5) is 16.2 Å². The summed E-state index contributed by atoms with van der Waals surface area (Å²) in [5, 5.41) is 3.02. The molecule has 0 aliphatic carbocycles. The number of carbonyl (C=O) groups excluding carboxylic acids is 2. The highest BCUT2D eigenvalue weighted by molar-refractivity contribution is 5.99. The van der Waals surface area contributed by atoms with Gasteiger partial charge in [-0.3, -0.25) is 4.79 Å². The Hall–Kier alpha value is -3.12. The predicted octanol–water partition coefficient (Wildman–Crippen LogP) is 4.35. The van der Waals surface area contributed by atoms with Crippen LogP contribution in [-0.4, -0.2) is 67.9 Å². The van der Waals surface area contributed by atoms with E-state index in [2.05, 4.69) is 47.4 Å². The molecule has 168 valence electrons. The number of likely N-dealkylation sites (N-methyl/N-ethyl adjacent to an activating group) is 1. The summed E-state index contributed by atoms with van der Waals surface area (Å²) in [5.74, 6) is 0.0660. The van der Waals surface area contributed by atoms with Gasteiger partial charge in [-0.15, -0.1) is 0 Å². The zero-order chi connectivity index (χ0) is 22.7. The highest BCUT2D eigenvalue weighted by Gasteiger charge is 2.24. The number of benzene rings is 2. The van der Waals surface area contributed by atoms with Crippen molar-refractivity contribution in [2.45, 2.75) is 25.8 Å². The van der Waals surface area contributed by atoms with Crippen LogP contribution in [0.5, 0.6) is 0 Å². The van der Waals surface area contributed by atoms with Gasteiger partial charge in [0.05, 0.1) is 0 Å². The van der Waals surface area contributed by atoms with Gasteiger partial charge in [-0.1, -0.05) is 30.3 Å². The first-order chi connectivity index (χ1) is 15.4. The third-order valence-corrected chi connectivity index (χ3v) is 6.53. The van der Waals surface area contributed by atoms with Gasteiger partial charge in [0.1, 0.15) is 0 Å². The number of hydrogen-bond donors (Lipinski definition) is 1. The SMILES string of the molecule is CC(=O)c1ccccc1C1=CCN(C(=O)Nc2ccc(N3CCC(N(C)C)C3)cc2)CC1. The number of carbonyl (C=O) groups is 2. The number of hydrogen-bond acceptors (Lipinski definition) is 4. The van der Waals surface area contributed by atoms with E-state index in [0.29, 0.717) is 19.1 Å². The average Bonchev–Trinajstić information content (AvgIpc) is 3.30. The summed E-state index contributed by atoms with van der Waals surface area (Å²) in [5.41, 5.74) is 4.85. The largest absolute Gasteiger partial charge is 0.370 e. The van der Waals surface area contributed by atoms with Gasteiger partial charge in [0, 0.05) is 49.2 Å². The molecule has 2 aromatic rings. The van der Waals surface area contributed by atoms with E-state index in [1.807, 2.05) is 36.4 Å². The van der Waals surface area contributed by atoms with Gasteiger partial charge in [0.25, 0.3) is 0 Å². The molecule has 6 heteroatoms. The van der Waals surface area contributed by atoms with Crippen LogP contribution in [-0.2, 0) is 0 Å². The molecule has 32 heavy (non-hydrogen) atoms. The summed E-state index contributed by atoms with van der Waals surface area (Å²) in [7, 11) is 4.27. The molecule has 2 amide bonds. The number of nitrogens with one attached hydrogen (secondary N) is 1. The zero-order valence-corrected chi connectivity index (χ0v) is 19.2. The van der Waals surface area contributed by atoms with Crippen LogP contribution in [0, 0.1) is 0 Å². The molecule has 1 N–H and O–H groups in total. The number of urea groups is 1. The molecule has 0 spiro atoms. The summed E-state index contributed by atoms with van der Waals surface area (Å²) in [6.45, 7) is 4.85. The second kappa shape index (κ2) is 9.57. The highest BCUT2D eigenvalue weighted by atomic mass is 16.2. The van der Waals surface area contributed by atoms with Crippen molar-refractivity contribution in [1.82, 2.24) is 9.80 Å². The zero-order valence-electron chi connectivity index (χ0n) is 19.2. The van der Waals surface area contributed by atoms with Crippen molar-refractivity contribution in [3.05, 3.63) is 65.7 Å². The van der Waals surface area contributed by atoms with Gasteiger partial charge in [-0.2, -0.15) is 0 Å². The summed E-state index contributed by atoms with van der Waals surface area (Å²) >= 11 is 0. The van der Waals surface area contributed by atoms with E-state index in [9.17, 15) is 9.59 Å². The van der Waals surface area contributed by atoms with Crippen molar-refractivity contribution < 1.29 is 9.59 Å². The summed E-state index contributed by atoms with van der Waals surface area (Å²) < 4.78 is 0. The lowest BCUT2D eigenvalue weighted by Gasteiger charge is -2.27. The Morgan fingerprint density at radius 3 is 2.41 bits per heavy atom. The quantitative estimate of drug-likeness (QED) is 0.714. The van der Waals surface area contributed by atoms with Crippen LogP contribution < -0.4 is 10.2 Å². The molecule has 1 fully saturated rings. The molecular weight excluding hydrogens is 400 g/mol. The van der Waals surface area contributed by atoms with Gasteiger partial charge in [0.2, 0.25) is 0 Å². The van der Waals surface area contributed by atoms with E-state index in [1.165, 1.54) is 12.1 Å². The van der Waals surface area contributed by atoms with Crippen LogP contribution in [0.15, 0.2) is 54.6 Å². The minimum Gasteiger partial charge on any atom is -0.370 e. The Kier molecular flexibility index (Phi) is 6.61. The van der Waals surface area contributed by atoms with Crippen molar-refractivity contribution >= 4 is 28.8 Å². The molecule has 0 aromatic heterocycles. The van der Waals surface area contributed by atoms with Crippen molar-refractivity contribution in [2.24, 2.45) is 0 Å². The normalized spacial score (nSPS) is 18.6. The molecular formula is C26H32N4O2. The van der Waals surface area contributed by atoms with E-state index in [4.69, 9.17) is 0 Å². The van der Waals surface area contributed by atoms with E-state index in [-0.39, 0.29) is 11.8 Å². The minimum atomic E-state index is -0.0956. The van der Waals surface area contributed by atoms with Crippen molar-refractivity contribution in [3.8, 4) is 0 Å². The first-order valence-electron chi connectivity index (χ1n) is 11.3.